The first-order valence-electron chi connectivity index (χ1n) is 4.71. The minimum absolute atomic E-state index is 0.150. The normalized spacial score (nSPS) is 10.8. The van der Waals surface area contributed by atoms with Crippen molar-refractivity contribution >= 4 is 11.6 Å². The molecule has 0 fully saturated rings. The maximum Gasteiger partial charge on any atom is 0.354 e. The average molecular weight is 205 g/mol. The van der Waals surface area contributed by atoms with Crippen LogP contribution in [0.4, 0.5) is 0 Å². The van der Waals surface area contributed by atoms with Crippen LogP contribution in [0, 0.1) is 6.92 Å². The first-order valence-corrected chi connectivity index (χ1v) is 4.71. The molecular weight excluding hydrogens is 194 g/mol. The van der Waals surface area contributed by atoms with Crippen LogP contribution in [0.25, 0.3) is 5.65 Å². The summed E-state index contributed by atoms with van der Waals surface area (Å²) in [4.78, 5) is 15.2. The quantitative estimate of drug-likeness (QED) is 0.802. The molecular formula is C10H11N3O2. The lowest BCUT2D eigenvalue weighted by molar-refractivity contribution is 0.0687. The van der Waals surface area contributed by atoms with Crippen molar-refractivity contribution in [2.75, 3.05) is 0 Å². The molecule has 0 saturated carbocycles. The Bertz CT molecular complexity index is 531. The fourth-order valence-electron chi connectivity index (χ4n) is 1.47. The van der Waals surface area contributed by atoms with Crippen LogP contribution in [-0.2, 0) is 6.42 Å². The molecule has 78 valence electrons. The zero-order chi connectivity index (χ0) is 11.0. The number of nitrogens with zero attached hydrogens (tertiary/aromatic N) is 3. The second kappa shape index (κ2) is 3.34. The van der Waals surface area contributed by atoms with Crippen LogP contribution in [0.5, 0.6) is 0 Å². The molecule has 0 radical (unpaired) electrons. The maximum atomic E-state index is 11.0. The molecule has 5 nitrogen and oxygen atoms in total. The van der Waals surface area contributed by atoms with Gasteiger partial charge < -0.3 is 5.11 Å². The van der Waals surface area contributed by atoms with E-state index >= 15 is 0 Å². The number of carbonyl (C=O) groups is 1. The highest BCUT2D eigenvalue weighted by Crippen LogP contribution is 2.10. The third-order valence-electron chi connectivity index (χ3n) is 2.19. The predicted molar refractivity (Wildman–Crippen MR) is 54.1 cm³/mol. The number of aromatic carboxylic acids is 1. The van der Waals surface area contributed by atoms with E-state index in [4.69, 9.17) is 5.11 Å². The van der Waals surface area contributed by atoms with Gasteiger partial charge in [0.05, 0.1) is 5.69 Å². The summed E-state index contributed by atoms with van der Waals surface area (Å²) < 4.78 is 1.37. The van der Waals surface area contributed by atoms with Crippen LogP contribution in [-0.4, -0.2) is 25.7 Å². The summed E-state index contributed by atoms with van der Waals surface area (Å²) in [6.07, 6.45) is 0.765. The molecule has 0 aliphatic carbocycles. The second-order valence-electron chi connectivity index (χ2n) is 3.35. The molecule has 0 amide bonds. The van der Waals surface area contributed by atoms with Gasteiger partial charge in [-0.3, -0.25) is 0 Å². The second-order valence-corrected chi connectivity index (χ2v) is 3.35. The number of carboxylic acid groups (broad SMARTS) is 1. The van der Waals surface area contributed by atoms with Gasteiger partial charge in [-0.05, 0) is 19.4 Å². The van der Waals surface area contributed by atoms with Gasteiger partial charge in [0.25, 0.3) is 0 Å². The van der Waals surface area contributed by atoms with Crippen molar-refractivity contribution in [1.82, 2.24) is 14.6 Å². The molecule has 0 aliphatic heterocycles. The Morgan fingerprint density at radius 2 is 2.27 bits per heavy atom. The summed E-state index contributed by atoms with van der Waals surface area (Å²) in [7, 11) is 0. The third kappa shape index (κ3) is 1.56. The van der Waals surface area contributed by atoms with Crippen molar-refractivity contribution in [3.8, 4) is 0 Å². The van der Waals surface area contributed by atoms with Crippen molar-refractivity contribution in [3.05, 3.63) is 29.2 Å². The molecule has 2 rings (SSSR count). The van der Waals surface area contributed by atoms with Crippen LogP contribution in [0.1, 0.15) is 28.8 Å². The largest absolute Gasteiger partial charge is 0.477 e. The first kappa shape index (κ1) is 9.64. The SMILES string of the molecule is CCc1cc2nc(C)cc(C(=O)O)n2n1. The lowest BCUT2D eigenvalue weighted by Crippen LogP contribution is -2.08. The summed E-state index contributed by atoms with van der Waals surface area (Å²) >= 11 is 0. The Morgan fingerprint density at radius 3 is 2.87 bits per heavy atom. The van der Waals surface area contributed by atoms with Crippen LogP contribution in [0.2, 0.25) is 0 Å². The van der Waals surface area contributed by atoms with E-state index in [9.17, 15) is 4.79 Å². The van der Waals surface area contributed by atoms with Gasteiger partial charge in [0.2, 0.25) is 0 Å². The van der Waals surface area contributed by atoms with E-state index in [-0.39, 0.29) is 5.69 Å². The highest BCUT2D eigenvalue weighted by Gasteiger charge is 2.12. The van der Waals surface area contributed by atoms with E-state index in [1.54, 1.807) is 13.0 Å². The van der Waals surface area contributed by atoms with Crippen LogP contribution in [0.3, 0.4) is 0 Å². The molecule has 0 unspecified atom stereocenters. The Morgan fingerprint density at radius 1 is 1.53 bits per heavy atom. The number of rotatable bonds is 2. The molecule has 0 spiro atoms. The average Bonchev–Trinajstić information content (AvgIpc) is 2.58. The number of hydrogen-bond acceptors (Lipinski definition) is 3. The van der Waals surface area contributed by atoms with Crippen molar-refractivity contribution in [1.29, 1.82) is 0 Å². The van der Waals surface area contributed by atoms with Gasteiger partial charge in [-0.1, -0.05) is 6.92 Å². The van der Waals surface area contributed by atoms with Gasteiger partial charge in [-0.15, -0.1) is 0 Å². The summed E-state index contributed by atoms with van der Waals surface area (Å²) in [5.74, 6) is -0.990. The molecule has 2 heterocycles. The fraction of sp³-hybridized carbons (Fsp3) is 0.300. The Labute approximate surface area is 86.4 Å². The minimum atomic E-state index is -0.990. The molecule has 2 aromatic rings. The number of aromatic nitrogens is 3. The van der Waals surface area contributed by atoms with Crippen molar-refractivity contribution in [2.45, 2.75) is 20.3 Å². The van der Waals surface area contributed by atoms with Gasteiger partial charge in [0.15, 0.2) is 11.3 Å². The Hall–Kier alpha value is -1.91. The van der Waals surface area contributed by atoms with E-state index in [0.717, 1.165) is 12.1 Å². The Balaban J connectivity index is 2.77. The first-order chi connectivity index (χ1) is 7.11. The van der Waals surface area contributed by atoms with E-state index in [1.807, 2.05) is 6.92 Å². The molecule has 2 aromatic heterocycles. The molecule has 15 heavy (non-hydrogen) atoms. The summed E-state index contributed by atoms with van der Waals surface area (Å²) in [6.45, 7) is 3.74. The molecule has 0 saturated heterocycles. The lowest BCUT2D eigenvalue weighted by atomic mass is 10.3. The molecule has 0 aromatic carbocycles. The molecule has 0 bridgehead atoms. The number of carboxylic acids is 1. The minimum Gasteiger partial charge on any atom is -0.477 e. The van der Waals surface area contributed by atoms with Gasteiger partial charge in [-0.25, -0.2) is 14.3 Å². The van der Waals surface area contributed by atoms with Crippen molar-refractivity contribution in [2.24, 2.45) is 0 Å². The fourth-order valence-corrected chi connectivity index (χ4v) is 1.47. The van der Waals surface area contributed by atoms with E-state index in [2.05, 4.69) is 10.1 Å². The standard InChI is InChI=1S/C10H11N3O2/c1-3-7-5-9-11-6(2)4-8(10(14)15)13(9)12-7/h4-5H,3H2,1-2H3,(H,14,15). The molecule has 0 atom stereocenters. The number of hydrogen-bond donors (Lipinski definition) is 1. The van der Waals surface area contributed by atoms with Gasteiger partial charge in [0.1, 0.15) is 0 Å². The third-order valence-corrected chi connectivity index (χ3v) is 2.19. The zero-order valence-corrected chi connectivity index (χ0v) is 8.56. The van der Waals surface area contributed by atoms with E-state index in [1.165, 1.54) is 10.6 Å². The van der Waals surface area contributed by atoms with Crippen LogP contribution < -0.4 is 0 Å². The number of aryl methyl sites for hydroxylation is 2. The van der Waals surface area contributed by atoms with Crippen molar-refractivity contribution in [3.63, 3.8) is 0 Å². The zero-order valence-electron chi connectivity index (χ0n) is 8.56. The number of fused-ring (bicyclic) bond motifs is 1. The van der Waals surface area contributed by atoms with Gasteiger partial charge in [0, 0.05) is 11.8 Å². The van der Waals surface area contributed by atoms with Gasteiger partial charge in [-0.2, -0.15) is 5.10 Å². The highest BCUT2D eigenvalue weighted by molar-refractivity contribution is 5.86. The lowest BCUT2D eigenvalue weighted by Gasteiger charge is -2.00. The van der Waals surface area contributed by atoms with Crippen LogP contribution >= 0.6 is 0 Å². The Kier molecular flexibility index (Phi) is 2.15. The molecule has 1 N–H and O–H groups in total. The van der Waals surface area contributed by atoms with Gasteiger partial charge >= 0.3 is 5.97 Å². The highest BCUT2D eigenvalue weighted by atomic mass is 16.4. The molecule has 5 heteroatoms. The molecule has 0 aliphatic rings. The summed E-state index contributed by atoms with van der Waals surface area (Å²) in [6, 6.07) is 3.32. The topological polar surface area (TPSA) is 67.5 Å². The summed E-state index contributed by atoms with van der Waals surface area (Å²) in [5, 5.41) is 13.2. The predicted octanol–water partition coefficient (Wildman–Crippen LogP) is 1.30. The smallest absolute Gasteiger partial charge is 0.354 e. The van der Waals surface area contributed by atoms with E-state index < -0.39 is 5.97 Å². The summed E-state index contributed by atoms with van der Waals surface area (Å²) in [5.41, 5.74) is 2.26. The monoisotopic (exact) mass is 205 g/mol. The van der Waals surface area contributed by atoms with E-state index in [0.29, 0.717) is 11.3 Å². The van der Waals surface area contributed by atoms with Crippen molar-refractivity contribution < 1.29 is 9.90 Å². The maximum absolute atomic E-state index is 11.0. The van der Waals surface area contributed by atoms with Crippen LogP contribution in [0.15, 0.2) is 12.1 Å².